The van der Waals surface area contributed by atoms with Gasteiger partial charge in [-0.3, -0.25) is 4.79 Å². The third-order valence-corrected chi connectivity index (χ3v) is 5.43. The van der Waals surface area contributed by atoms with Gasteiger partial charge in [-0.1, -0.05) is 12.1 Å². The van der Waals surface area contributed by atoms with Crippen molar-refractivity contribution in [1.82, 2.24) is 4.90 Å². The van der Waals surface area contributed by atoms with Crippen LogP contribution in [-0.2, 0) is 9.53 Å². The number of hydrogen-bond acceptors (Lipinski definition) is 6. The van der Waals surface area contributed by atoms with Crippen molar-refractivity contribution >= 4 is 11.9 Å². The molecule has 2 N–H and O–H groups in total. The zero-order valence-electron chi connectivity index (χ0n) is 17.8. The SMILES string of the molecule is COc1cc(O)c(C(CC(=O)N2CCOC(C)C2)c2ccc(C(=O)O)cc2)c(OC)c1. The number of nitrogens with zero attached hydrogens (tertiary/aromatic N) is 1. The average Bonchev–Trinajstić information content (AvgIpc) is 2.77. The van der Waals surface area contributed by atoms with Crippen molar-refractivity contribution in [3.63, 3.8) is 0 Å². The van der Waals surface area contributed by atoms with Crippen molar-refractivity contribution in [3.8, 4) is 17.2 Å². The fraction of sp³-hybridized carbons (Fsp3) is 0.391. The Labute approximate surface area is 181 Å². The van der Waals surface area contributed by atoms with E-state index >= 15 is 0 Å². The number of ether oxygens (including phenoxy) is 3. The molecule has 1 saturated heterocycles. The smallest absolute Gasteiger partial charge is 0.335 e. The minimum atomic E-state index is -1.04. The molecule has 166 valence electrons. The zero-order valence-corrected chi connectivity index (χ0v) is 17.8. The van der Waals surface area contributed by atoms with Crippen LogP contribution in [0.2, 0.25) is 0 Å². The molecule has 8 heteroatoms. The van der Waals surface area contributed by atoms with Crippen LogP contribution in [0.25, 0.3) is 0 Å². The number of amides is 1. The van der Waals surface area contributed by atoms with Gasteiger partial charge in [-0.05, 0) is 24.6 Å². The fourth-order valence-electron chi connectivity index (χ4n) is 3.82. The van der Waals surface area contributed by atoms with Gasteiger partial charge in [0.25, 0.3) is 0 Å². The van der Waals surface area contributed by atoms with Crippen molar-refractivity contribution in [2.45, 2.75) is 25.4 Å². The number of benzene rings is 2. The first kappa shape index (κ1) is 22.4. The minimum absolute atomic E-state index is 0.0464. The Bertz CT molecular complexity index is 942. The molecule has 8 nitrogen and oxygen atoms in total. The lowest BCUT2D eigenvalue weighted by Gasteiger charge is -2.32. The maximum Gasteiger partial charge on any atom is 0.335 e. The Balaban J connectivity index is 2.02. The van der Waals surface area contributed by atoms with E-state index < -0.39 is 11.9 Å². The molecule has 0 saturated carbocycles. The van der Waals surface area contributed by atoms with E-state index in [1.165, 1.54) is 32.4 Å². The summed E-state index contributed by atoms with van der Waals surface area (Å²) >= 11 is 0. The highest BCUT2D eigenvalue weighted by Gasteiger charge is 2.29. The molecule has 0 bridgehead atoms. The molecule has 31 heavy (non-hydrogen) atoms. The molecule has 2 aromatic carbocycles. The summed E-state index contributed by atoms with van der Waals surface area (Å²) in [6, 6.07) is 9.41. The third-order valence-electron chi connectivity index (χ3n) is 5.43. The fourth-order valence-corrected chi connectivity index (χ4v) is 3.82. The number of carboxylic acids is 1. The molecule has 1 fully saturated rings. The summed E-state index contributed by atoms with van der Waals surface area (Å²) in [6.45, 7) is 3.39. The summed E-state index contributed by atoms with van der Waals surface area (Å²) in [5.74, 6) is -0.925. The van der Waals surface area contributed by atoms with Gasteiger partial charge in [-0.2, -0.15) is 0 Å². The molecule has 0 aliphatic carbocycles. The largest absolute Gasteiger partial charge is 0.507 e. The highest BCUT2D eigenvalue weighted by molar-refractivity contribution is 5.87. The number of rotatable bonds is 7. The number of methoxy groups -OCH3 is 2. The second kappa shape index (κ2) is 9.70. The number of aromatic hydroxyl groups is 1. The number of carboxylic acid groups (broad SMARTS) is 1. The number of hydrogen-bond donors (Lipinski definition) is 2. The van der Waals surface area contributed by atoms with Gasteiger partial charge in [0.15, 0.2) is 0 Å². The summed E-state index contributed by atoms with van der Waals surface area (Å²) in [4.78, 5) is 26.1. The summed E-state index contributed by atoms with van der Waals surface area (Å²) in [5, 5.41) is 20.0. The third kappa shape index (κ3) is 5.08. The topological polar surface area (TPSA) is 106 Å². The van der Waals surface area contributed by atoms with E-state index in [0.29, 0.717) is 42.3 Å². The molecule has 0 radical (unpaired) electrons. The minimum Gasteiger partial charge on any atom is -0.507 e. The zero-order chi connectivity index (χ0) is 22.5. The Kier molecular flexibility index (Phi) is 7.02. The van der Waals surface area contributed by atoms with Crippen LogP contribution in [0.15, 0.2) is 36.4 Å². The Morgan fingerprint density at radius 2 is 1.90 bits per heavy atom. The van der Waals surface area contributed by atoms with Crippen LogP contribution in [-0.4, -0.2) is 67.0 Å². The molecular formula is C23H27NO7. The highest BCUT2D eigenvalue weighted by Crippen LogP contribution is 2.43. The number of phenolic OH excluding ortho intramolecular Hbond substituents is 1. The molecule has 1 aliphatic heterocycles. The average molecular weight is 429 g/mol. The van der Waals surface area contributed by atoms with Crippen molar-refractivity contribution < 1.29 is 34.0 Å². The van der Waals surface area contributed by atoms with Crippen LogP contribution in [0.1, 0.15) is 40.7 Å². The quantitative estimate of drug-likeness (QED) is 0.697. The van der Waals surface area contributed by atoms with Crippen LogP contribution in [0.5, 0.6) is 17.2 Å². The molecule has 1 aliphatic rings. The molecule has 2 aromatic rings. The summed E-state index contributed by atoms with van der Waals surface area (Å²) in [6.07, 6.45) is 0.0324. The molecule has 2 unspecified atom stereocenters. The molecule has 2 atom stereocenters. The summed E-state index contributed by atoms with van der Waals surface area (Å²) in [7, 11) is 2.97. The van der Waals surface area contributed by atoms with E-state index in [0.717, 1.165) is 0 Å². The number of carbonyl (C=O) groups is 2. The van der Waals surface area contributed by atoms with E-state index in [1.54, 1.807) is 23.1 Å². The Morgan fingerprint density at radius 1 is 1.19 bits per heavy atom. The van der Waals surface area contributed by atoms with E-state index in [4.69, 9.17) is 14.2 Å². The number of phenols is 1. The molecule has 1 amide bonds. The summed E-state index contributed by atoms with van der Waals surface area (Å²) in [5.41, 5.74) is 1.28. The Morgan fingerprint density at radius 3 is 2.48 bits per heavy atom. The van der Waals surface area contributed by atoms with Gasteiger partial charge < -0.3 is 29.3 Å². The first-order valence-electron chi connectivity index (χ1n) is 10.0. The van der Waals surface area contributed by atoms with Gasteiger partial charge in [0, 0.05) is 43.1 Å². The molecule has 0 aromatic heterocycles. The van der Waals surface area contributed by atoms with Gasteiger partial charge in [-0.15, -0.1) is 0 Å². The number of morpholine rings is 1. The summed E-state index contributed by atoms with van der Waals surface area (Å²) < 4.78 is 16.2. The second-order valence-electron chi connectivity index (χ2n) is 7.47. The van der Waals surface area contributed by atoms with Gasteiger partial charge in [0.05, 0.1) is 32.5 Å². The van der Waals surface area contributed by atoms with Crippen molar-refractivity contribution in [1.29, 1.82) is 0 Å². The lowest BCUT2D eigenvalue weighted by Crippen LogP contribution is -2.44. The van der Waals surface area contributed by atoms with E-state index in [9.17, 15) is 19.8 Å². The second-order valence-corrected chi connectivity index (χ2v) is 7.47. The predicted octanol–water partition coefficient (Wildman–Crippen LogP) is 2.88. The lowest BCUT2D eigenvalue weighted by atomic mass is 9.86. The van der Waals surface area contributed by atoms with Crippen molar-refractivity contribution in [3.05, 3.63) is 53.1 Å². The van der Waals surface area contributed by atoms with Crippen LogP contribution >= 0.6 is 0 Å². The highest BCUT2D eigenvalue weighted by atomic mass is 16.5. The van der Waals surface area contributed by atoms with Gasteiger partial charge >= 0.3 is 5.97 Å². The van der Waals surface area contributed by atoms with Crippen LogP contribution in [0.4, 0.5) is 0 Å². The maximum absolute atomic E-state index is 13.1. The maximum atomic E-state index is 13.1. The van der Waals surface area contributed by atoms with E-state index in [1.807, 2.05) is 6.92 Å². The molecule has 0 spiro atoms. The van der Waals surface area contributed by atoms with Crippen molar-refractivity contribution in [2.24, 2.45) is 0 Å². The first-order valence-corrected chi connectivity index (χ1v) is 10.0. The predicted molar refractivity (Wildman–Crippen MR) is 113 cm³/mol. The van der Waals surface area contributed by atoms with E-state index in [-0.39, 0.29) is 29.7 Å². The standard InChI is InChI=1S/C23H27NO7/c1-14-13-24(8-9-31-14)21(26)12-18(15-4-6-16(7-5-15)23(27)28)22-19(25)10-17(29-2)11-20(22)30-3/h4-7,10-11,14,18,25H,8-9,12-13H2,1-3H3,(H,27,28). The molecule has 1 heterocycles. The number of carbonyl (C=O) groups excluding carboxylic acids is 1. The molecule has 3 rings (SSSR count). The van der Waals surface area contributed by atoms with Crippen LogP contribution in [0, 0.1) is 0 Å². The first-order chi connectivity index (χ1) is 14.8. The monoisotopic (exact) mass is 429 g/mol. The van der Waals surface area contributed by atoms with Gasteiger partial charge in [0.2, 0.25) is 5.91 Å². The van der Waals surface area contributed by atoms with Crippen LogP contribution in [0.3, 0.4) is 0 Å². The normalized spacial score (nSPS) is 17.1. The van der Waals surface area contributed by atoms with Crippen LogP contribution < -0.4 is 9.47 Å². The number of aromatic carboxylic acids is 1. The van der Waals surface area contributed by atoms with Gasteiger partial charge in [-0.25, -0.2) is 4.79 Å². The molecular weight excluding hydrogens is 402 g/mol. The van der Waals surface area contributed by atoms with E-state index in [2.05, 4.69) is 0 Å². The lowest BCUT2D eigenvalue weighted by molar-refractivity contribution is -0.138. The Hall–Kier alpha value is -3.26. The van der Waals surface area contributed by atoms with Crippen molar-refractivity contribution in [2.75, 3.05) is 33.9 Å². The van der Waals surface area contributed by atoms with Gasteiger partial charge in [0.1, 0.15) is 17.2 Å².